The van der Waals surface area contributed by atoms with Gasteiger partial charge >= 0.3 is 0 Å². The lowest BCUT2D eigenvalue weighted by molar-refractivity contribution is 0.571. The maximum absolute atomic E-state index is 9.44. The molecule has 0 saturated heterocycles. The maximum Gasteiger partial charge on any atom is 0.135 e. The third-order valence-electron chi connectivity index (χ3n) is 3.86. The summed E-state index contributed by atoms with van der Waals surface area (Å²) in [5, 5.41) is 10.1. The van der Waals surface area contributed by atoms with E-state index in [2.05, 4.69) is 6.07 Å². The summed E-state index contributed by atoms with van der Waals surface area (Å²) in [6.07, 6.45) is 1.76. The van der Waals surface area contributed by atoms with Crippen molar-refractivity contribution in [2.24, 2.45) is 0 Å². The van der Waals surface area contributed by atoms with Crippen molar-refractivity contribution >= 4 is 23.3 Å². The van der Waals surface area contributed by atoms with Gasteiger partial charge in [0.05, 0.1) is 11.6 Å². The normalized spacial score (nSPS) is 11.3. The zero-order chi connectivity index (χ0) is 17.1. The number of benzene rings is 2. The highest BCUT2D eigenvalue weighted by Crippen LogP contribution is 2.29. The molecule has 0 fully saturated rings. The van der Waals surface area contributed by atoms with Crippen molar-refractivity contribution in [2.75, 3.05) is 0 Å². The number of halogens is 1. The number of hydrogen-bond acceptors (Lipinski definition) is 2. The summed E-state index contributed by atoms with van der Waals surface area (Å²) in [6.45, 7) is 4.03. The molecule has 3 heteroatoms. The predicted octanol–water partition coefficient (Wildman–Crippen LogP) is 6.28. The molecule has 2 aromatic carbocycles. The zero-order valence-corrected chi connectivity index (χ0v) is 14.3. The molecule has 0 atom stereocenters. The van der Waals surface area contributed by atoms with Crippen molar-refractivity contribution in [1.29, 1.82) is 5.26 Å². The number of rotatable bonds is 3. The molecule has 118 valence electrons. The zero-order valence-electron chi connectivity index (χ0n) is 13.5. The summed E-state index contributed by atoms with van der Waals surface area (Å²) >= 11 is 6.08. The minimum Gasteiger partial charge on any atom is -0.457 e. The molecule has 0 saturated carbocycles. The van der Waals surface area contributed by atoms with Gasteiger partial charge < -0.3 is 4.42 Å². The Kier molecular flexibility index (Phi) is 4.55. The van der Waals surface area contributed by atoms with Crippen LogP contribution in [0, 0.1) is 25.2 Å². The molecule has 0 aliphatic carbocycles. The molecule has 1 aromatic heterocycles. The lowest BCUT2D eigenvalue weighted by atomic mass is 10.0. The van der Waals surface area contributed by atoms with E-state index in [1.165, 1.54) is 0 Å². The van der Waals surface area contributed by atoms with Gasteiger partial charge in [0.2, 0.25) is 0 Å². The van der Waals surface area contributed by atoms with E-state index in [1.54, 1.807) is 6.08 Å². The van der Waals surface area contributed by atoms with E-state index < -0.39 is 0 Å². The van der Waals surface area contributed by atoms with Crippen LogP contribution in [0.25, 0.3) is 23.0 Å². The molecular formula is C21H16ClNO. The van der Waals surface area contributed by atoms with Gasteiger partial charge in [0.25, 0.3) is 0 Å². The summed E-state index contributed by atoms with van der Waals surface area (Å²) in [5.74, 6) is 1.38. The average molecular weight is 334 g/mol. The van der Waals surface area contributed by atoms with Crippen LogP contribution in [-0.2, 0) is 0 Å². The molecule has 1 heterocycles. The summed E-state index contributed by atoms with van der Waals surface area (Å²) < 4.78 is 5.90. The molecule has 0 radical (unpaired) electrons. The summed E-state index contributed by atoms with van der Waals surface area (Å²) in [5.41, 5.74) is 4.64. The third kappa shape index (κ3) is 3.42. The van der Waals surface area contributed by atoms with Crippen LogP contribution in [0.2, 0.25) is 5.02 Å². The fourth-order valence-corrected chi connectivity index (χ4v) is 2.66. The molecule has 24 heavy (non-hydrogen) atoms. The fourth-order valence-electron chi connectivity index (χ4n) is 2.49. The Hall–Kier alpha value is -2.76. The first-order valence-corrected chi connectivity index (χ1v) is 8.00. The molecular weight excluding hydrogens is 318 g/mol. The molecule has 3 aromatic rings. The first-order valence-electron chi connectivity index (χ1n) is 7.62. The predicted molar refractivity (Wildman–Crippen MR) is 98.6 cm³/mol. The Balaban J connectivity index is 1.96. The Morgan fingerprint density at radius 3 is 2.50 bits per heavy atom. The maximum atomic E-state index is 9.44. The highest BCUT2D eigenvalue weighted by atomic mass is 35.5. The van der Waals surface area contributed by atoms with E-state index in [-0.39, 0.29) is 0 Å². The number of nitrogens with zero attached hydrogens (tertiary/aromatic N) is 1. The fraction of sp³-hybridized carbons (Fsp3) is 0.0952. The van der Waals surface area contributed by atoms with Gasteiger partial charge in [0, 0.05) is 10.6 Å². The van der Waals surface area contributed by atoms with Crippen LogP contribution in [0.5, 0.6) is 0 Å². The minimum absolute atomic E-state index is 0.568. The molecule has 2 nitrogen and oxygen atoms in total. The second-order valence-electron chi connectivity index (χ2n) is 5.70. The smallest absolute Gasteiger partial charge is 0.135 e. The van der Waals surface area contributed by atoms with Crippen molar-refractivity contribution in [2.45, 2.75) is 13.8 Å². The second-order valence-corrected chi connectivity index (χ2v) is 6.13. The van der Waals surface area contributed by atoms with Crippen LogP contribution in [0.4, 0.5) is 0 Å². The van der Waals surface area contributed by atoms with Crippen LogP contribution in [0.1, 0.15) is 22.5 Å². The second kappa shape index (κ2) is 6.78. The molecule has 0 bridgehead atoms. The summed E-state index contributed by atoms with van der Waals surface area (Å²) in [6, 6.07) is 19.6. The number of allylic oxidation sites excluding steroid dienone is 1. The lowest BCUT2D eigenvalue weighted by Crippen LogP contribution is -1.82. The Morgan fingerprint density at radius 1 is 1.04 bits per heavy atom. The van der Waals surface area contributed by atoms with Crippen LogP contribution >= 0.6 is 11.6 Å². The van der Waals surface area contributed by atoms with Crippen LogP contribution < -0.4 is 0 Å². The molecule has 0 N–H and O–H groups in total. The first kappa shape index (κ1) is 16.1. The van der Waals surface area contributed by atoms with Crippen LogP contribution in [-0.4, -0.2) is 0 Å². The molecule has 0 unspecified atom stereocenters. The van der Waals surface area contributed by atoms with E-state index in [0.29, 0.717) is 16.4 Å². The van der Waals surface area contributed by atoms with E-state index in [4.69, 9.17) is 16.0 Å². The third-order valence-corrected chi connectivity index (χ3v) is 4.10. The standard InChI is InChI=1S/C21H16ClNO/c1-14-3-6-16(7-4-14)17(13-23)11-19-9-10-21(24-19)20-12-18(22)8-5-15(20)2/h3-12H,1-2H3/b17-11-. The average Bonchev–Trinajstić information content (AvgIpc) is 3.04. The summed E-state index contributed by atoms with van der Waals surface area (Å²) in [4.78, 5) is 0. The first-order chi connectivity index (χ1) is 11.6. The molecule has 3 rings (SSSR count). The van der Waals surface area contributed by atoms with Crippen molar-refractivity contribution in [3.8, 4) is 17.4 Å². The largest absolute Gasteiger partial charge is 0.457 e. The minimum atomic E-state index is 0.568. The van der Waals surface area contributed by atoms with Gasteiger partial charge in [-0.05, 0) is 55.3 Å². The van der Waals surface area contributed by atoms with Crippen molar-refractivity contribution in [1.82, 2.24) is 0 Å². The highest BCUT2D eigenvalue weighted by molar-refractivity contribution is 6.30. The van der Waals surface area contributed by atoms with Crippen molar-refractivity contribution in [3.05, 3.63) is 82.1 Å². The Bertz CT molecular complexity index is 943. The van der Waals surface area contributed by atoms with Gasteiger partial charge in [-0.2, -0.15) is 5.26 Å². The molecule has 0 aliphatic heterocycles. The van der Waals surface area contributed by atoms with E-state index >= 15 is 0 Å². The van der Waals surface area contributed by atoms with Gasteiger partial charge in [-0.25, -0.2) is 0 Å². The van der Waals surface area contributed by atoms with Gasteiger partial charge in [-0.15, -0.1) is 0 Å². The van der Waals surface area contributed by atoms with E-state index in [0.717, 1.165) is 28.0 Å². The van der Waals surface area contributed by atoms with Gasteiger partial charge in [0.1, 0.15) is 11.5 Å². The Morgan fingerprint density at radius 2 is 1.79 bits per heavy atom. The number of furan rings is 1. The topological polar surface area (TPSA) is 36.9 Å². The van der Waals surface area contributed by atoms with Crippen molar-refractivity contribution in [3.63, 3.8) is 0 Å². The highest BCUT2D eigenvalue weighted by Gasteiger charge is 2.09. The quantitative estimate of drug-likeness (QED) is 0.529. The number of nitriles is 1. The molecule has 0 amide bonds. The van der Waals surface area contributed by atoms with Crippen LogP contribution in [0.3, 0.4) is 0 Å². The van der Waals surface area contributed by atoms with Crippen LogP contribution in [0.15, 0.2) is 59.0 Å². The Labute approximate surface area is 146 Å². The van der Waals surface area contributed by atoms with E-state index in [9.17, 15) is 5.26 Å². The van der Waals surface area contributed by atoms with E-state index in [1.807, 2.05) is 68.4 Å². The van der Waals surface area contributed by atoms with Gasteiger partial charge in [-0.3, -0.25) is 0 Å². The van der Waals surface area contributed by atoms with Gasteiger partial charge in [0.15, 0.2) is 0 Å². The lowest BCUT2D eigenvalue weighted by Gasteiger charge is -2.03. The monoisotopic (exact) mass is 333 g/mol. The SMILES string of the molecule is Cc1ccc(/C(C#N)=C\c2ccc(-c3cc(Cl)ccc3C)o2)cc1. The number of hydrogen-bond donors (Lipinski definition) is 0. The van der Waals surface area contributed by atoms with Crippen molar-refractivity contribution < 1.29 is 4.42 Å². The molecule has 0 spiro atoms. The molecule has 0 aliphatic rings. The number of aryl methyl sites for hydroxylation is 2. The van der Waals surface area contributed by atoms with Gasteiger partial charge in [-0.1, -0.05) is 47.5 Å². The summed E-state index contributed by atoms with van der Waals surface area (Å²) in [7, 11) is 0.